The predicted molar refractivity (Wildman–Crippen MR) is 87.2 cm³/mol. The Labute approximate surface area is 142 Å². The van der Waals surface area contributed by atoms with Crippen LogP contribution in [0.25, 0.3) is 0 Å². The second-order valence-corrected chi connectivity index (χ2v) is 5.72. The highest BCUT2D eigenvalue weighted by atomic mass is 35.5. The Morgan fingerprint density at radius 2 is 1.76 bits per heavy atom. The van der Waals surface area contributed by atoms with E-state index in [-0.39, 0.29) is 0 Å². The molecule has 1 aromatic heterocycles. The van der Waals surface area contributed by atoms with Crippen LogP contribution in [0.15, 0.2) is 18.5 Å². The maximum absolute atomic E-state index is 6.07. The van der Waals surface area contributed by atoms with Crippen molar-refractivity contribution in [3.63, 3.8) is 0 Å². The number of ether oxygens (including phenoxy) is 1. The quantitative estimate of drug-likeness (QED) is 0.765. The van der Waals surface area contributed by atoms with Gasteiger partial charge in [0.15, 0.2) is 5.75 Å². The topological polar surface area (TPSA) is 47.0 Å². The number of aromatic nitrogens is 2. The van der Waals surface area contributed by atoms with Crippen LogP contribution in [-0.4, -0.2) is 23.1 Å². The summed E-state index contributed by atoms with van der Waals surface area (Å²) in [6.45, 7) is 2.62. The maximum Gasteiger partial charge on any atom is 0.156 e. The van der Waals surface area contributed by atoms with Crippen molar-refractivity contribution in [3.05, 3.63) is 44.2 Å². The summed E-state index contributed by atoms with van der Waals surface area (Å²) in [5.41, 5.74) is 0.707. The van der Waals surface area contributed by atoms with Crippen LogP contribution in [0.4, 0.5) is 5.82 Å². The summed E-state index contributed by atoms with van der Waals surface area (Å²) in [5.74, 6) is 0.954. The summed E-state index contributed by atoms with van der Waals surface area (Å²) in [4.78, 5) is 8.04. The Bertz CT molecular complexity index is 628. The van der Waals surface area contributed by atoms with Crippen molar-refractivity contribution >= 4 is 52.2 Å². The number of hydrogen-bond donors (Lipinski definition) is 1. The van der Waals surface area contributed by atoms with E-state index in [4.69, 9.17) is 51.1 Å². The molecule has 0 saturated heterocycles. The van der Waals surface area contributed by atoms with Crippen LogP contribution in [0, 0.1) is 6.92 Å². The first-order valence-electron chi connectivity index (χ1n) is 5.97. The van der Waals surface area contributed by atoms with Gasteiger partial charge < -0.3 is 10.1 Å². The van der Waals surface area contributed by atoms with Gasteiger partial charge in [-0.15, -0.1) is 0 Å². The van der Waals surface area contributed by atoms with E-state index in [9.17, 15) is 0 Å². The van der Waals surface area contributed by atoms with Gasteiger partial charge in [-0.2, -0.15) is 0 Å². The van der Waals surface area contributed by atoms with Crippen LogP contribution in [0.5, 0.6) is 5.75 Å². The van der Waals surface area contributed by atoms with Crippen LogP contribution < -0.4 is 10.1 Å². The van der Waals surface area contributed by atoms with Gasteiger partial charge in [-0.05, 0) is 19.1 Å². The van der Waals surface area contributed by atoms with Crippen LogP contribution >= 0.6 is 46.4 Å². The van der Waals surface area contributed by atoms with Gasteiger partial charge >= 0.3 is 0 Å². The number of aryl methyl sites for hydroxylation is 1. The van der Waals surface area contributed by atoms with Crippen molar-refractivity contribution in [1.29, 1.82) is 0 Å². The van der Waals surface area contributed by atoms with Gasteiger partial charge in [0.2, 0.25) is 0 Å². The van der Waals surface area contributed by atoms with Crippen molar-refractivity contribution in [3.8, 4) is 5.75 Å². The fourth-order valence-electron chi connectivity index (χ4n) is 1.57. The first kappa shape index (κ1) is 16.4. The van der Waals surface area contributed by atoms with Crippen molar-refractivity contribution in [1.82, 2.24) is 9.97 Å². The average molecular weight is 367 g/mol. The fourth-order valence-corrected chi connectivity index (χ4v) is 2.66. The highest BCUT2D eigenvalue weighted by molar-refractivity contribution is 6.40. The molecule has 1 heterocycles. The number of halogens is 4. The van der Waals surface area contributed by atoms with Gasteiger partial charge in [0.05, 0.1) is 22.3 Å². The Balaban J connectivity index is 1.92. The summed E-state index contributed by atoms with van der Waals surface area (Å²) in [6.07, 6.45) is 1.44. The minimum Gasteiger partial charge on any atom is -0.489 e. The third kappa shape index (κ3) is 4.27. The molecule has 112 valence electrons. The van der Waals surface area contributed by atoms with Crippen molar-refractivity contribution in [2.45, 2.75) is 6.92 Å². The first-order valence-corrected chi connectivity index (χ1v) is 7.48. The molecule has 8 heteroatoms. The zero-order chi connectivity index (χ0) is 15.4. The van der Waals surface area contributed by atoms with Gasteiger partial charge in [0.25, 0.3) is 0 Å². The molecule has 0 amide bonds. The largest absolute Gasteiger partial charge is 0.489 e. The third-order valence-corrected chi connectivity index (χ3v) is 3.80. The number of nitrogens with one attached hydrogen (secondary N) is 1. The second kappa shape index (κ2) is 7.36. The molecule has 0 saturated carbocycles. The van der Waals surface area contributed by atoms with E-state index in [1.165, 1.54) is 6.33 Å². The normalized spacial score (nSPS) is 10.5. The molecule has 0 aliphatic carbocycles. The molecule has 1 N–H and O–H groups in total. The van der Waals surface area contributed by atoms with Gasteiger partial charge in [-0.25, -0.2) is 9.97 Å². The predicted octanol–water partition coefficient (Wildman–Crippen LogP) is 4.89. The molecule has 0 radical (unpaired) electrons. The molecule has 1 aromatic carbocycles. The summed E-state index contributed by atoms with van der Waals surface area (Å²) >= 11 is 23.9. The highest BCUT2D eigenvalue weighted by Crippen LogP contribution is 2.35. The number of anilines is 1. The lowest BCUT2D eigenvalue weighted by molar-refractivity contribution is 0.333. The average Bonchev–Trinajstić information content (AvgIpc) is 2.41. The fraction of sp³-hybridized carbons (Fsp3) is 0.231. The first-order chi connectivity index (χ1) is 9.99. The molecule has 0 unspecified atom stereocenters. The molecule has 0 fully saturated rings. The van der Waals surface area contributed by atoms with Crippen LogP contribution in [-0.2, 0) is 0 Å². The summed E-state index contributed by atoms with van der Waals surface area (Å²) in [7, 11) is 0. The molecule has 2 rings (SSSR count). The monoisotopic (exact) mass is 365 g/mol. The Morgan fingerprint density at radius 1 is 1.10 bits per heavy atom. The number of hydrogen-bond acceptors (Lipinski definition) is 4. The standard InChI is InChI=1S/C13H11Cl4N3O/c1-7-11(17)13(20-6-19-7)18-2-3-21-12-9(15)4-8(14)5-10(12)16/h4-6H,2-3H2,1H3,(H,18,19,20). The zero-order valence-corrected chi connectivity index (χ0v) is 14.0. The van der Waals surface area contributed by atoms with Crippen molar-refractivity contribution in [2.75, 3.05) is 18.5 Å². The Morgan fingerprint density at radius 3 is 2.43 bits per heavy atom. The molecule has 4 nitrogen and oxygen atoms in total. The van der Waals surface area contributed by atoms with Crippen LogP contribution in [0.2, 0.25) is 20.1 Å². The van der Waals surface area contributed by atoms with Gasteiger partial charge in [-0.3, -0.25) is 0 Å². The SMILES string of the molecule is Cc1ncnc(NCCOc2c(Cl)cc(Cl)cc2Cl)c1Cl. The molecule has 0 aliphatic heterocycles. The number of rotatable bonds is 5. The summed E-state index contributed by atoms with van der Waals surface area (Å²) in [5, 5.41) is 4.73. The maximum atomic E-state index is 6.07. The van der Waals surface area contributed by atoms with E-state index < -0.39 is 0 Å². The van der Waals surface area contributed by atoms with E-state index >= 15 is 0 Å². The number of benzene rings is 1. The van der Waals surface area contributed by atoms with E-state index in [0.29, 0.717) is 50.5 Å². The Hall–Kier alpha value is -0.940. The van der Waals surface area contributed by atoms with E-state index in [1.54, 1.807) is 19.1 Å². The van der Waals surface area contributed by atoms with Gasteiger partial charge in [0.1, 0.15) is 23.8 Å². The molecular formula is C13H11Cl4N3O. The molecular weight excluding hydrogens is 356 g/mol. The lowest BCUT2D eigenvalue weighted by atomic mass is 10.3. The lowest BCUT2D eigenvalue weighted by Crippen LogP contribution is -2.13. The summed E-state index contributed by atoms with van der Waals surface area (Å²) in [6, 6.07) is 3.14. The number of nitrogens with zero attached hydrogens (tertiary/aromatic N) is 2. The second-order valence-electron chi connectivity index (χ2n) is 4.10. The van der Waals surface area contributed by atoms with E-state index in [0.717, 1.165) is 0 Å². The van der Waals surface area contributed by atoms with Crippen molar-refractivity contribution in [2.24, 2.45) is 0 Å². The highest BCUT2D eigenvalue weighted by Gasteiger charge is 2.09. The molecule has 0 aliphatic rings. The smallest absolute Gasteiger partial charge is 0.156 e. The van der Waals surface area contributed by atoms with Gasteiger partial charge in [0, 0.05) is 5.02 Å². The Kier molecular flexibility index (Phi) is 5.76. The van der Waals surface area contributed by atoms with E-state index in [2.05, 4.69) is 15.3 Å². The molecule has 0 bridgehead atoms. The van der Waals surface area contributed by atoms with Crippen LogP contribution in [0.3, 0.4) is 0 Å². The minimum atomic E-state index is 0.334. The molecule has 2 aromatic rings. The third-order valence-electron chi connectivity index (χ3n) is 2.57. The summed E-state index contributed by atoms with van der Waals surface area (Å²) < 4.78 is 5.54. The van der Waals surface area contributed by atoms with Gasteiger partial charge in [-0.1, -0.05) is 46.4 Å². The van der Waals surface area contributed by atoms with Crippen LogP contribution in [0.1, 0.15) is 5.69 Å². The lowest BCUT2D eigenvalue weighted by Gasteiger charge is -2.12. The van der Waals surface area contributed by atoms with E-state index in [1.807, 2.05) is 0 Å². The minimum absolute atomic E-state index is 0.334. The molecule has 21 heavy (non-hydrogen) atoms. The van der Waals surface area contributed by atoms with Crippen molar-refractivity contribution < 1.29 is 4.74 Å². The zero-order valence-electron chi connectivity index (χ0n) is 11.0. The molecule has 0 atom stereocenters. The molecule has 0 spiro atoms.